The number of hydrogen-bond donors (Lipinski definition) is 2. The lowest BCUT2D eigenvalue weighted by atomic mass is 9.81. The van der Waals surface area contributed by atoms with Crippen LogP contribution in [0.1, 0.15) is 33.6 Å². The number of hydrogen-bond acceptors (Lipinski definition) is 3. The predicted octanol–water partition coefficient (Wildman–Crippen LogP) is 1.17. The van der Waals surface area contributed by atoms with Gasteiger partial charge in [0.1, 0.15) is 0 Å². The van der Waals surface area contributed by atoms with Crippen molar-refractivity contribution in [3.8, 4) is 0 Å². The molecule has 0 bridgehead atoms. The van der Waals surface area contributed by atoms with E-state index in [1.807, 2.05) is 13.8 Å². The smallest absolute Gasteiger partial charge is 0.310 e. The average Bonchev–Trinajstić information content (AvgIpc) is 2.25. The summed E-state index contributed by atoms with van der Waals surface area (Å²) in [7, 11) is 0. The van der Waals surface area contributed by atoms with E-state index in [2.05, 4.69) is 17.1 Å². The van der Waals surface area contributed by atoms with Crippen molar-refractivity contribution in [3.63, 3.8) is 0 Å². The molecule has 1 saturated heterocycles. The molecule has 0 aliphatic carbocycles. The number of nitrogens with one attached hydrogen (secondary N) is 1. The molecule has 16 heavy (non-hydrogen) atoms. The summed E-state index contributed by atoms with van der Waals surface area (Å²) in [5.74, 6) is -0.649. The summed E-state index contributed by atoms with van der Waals surface area (Å²) in [6.07, 6.45) is 1.41. The van der Waals surface area contributed by atoms with E-state index in [0.717, 1.165) is 19.6 Å². The van der Waals surface area contributed by atoms with Crippen LogP contribution in [0.2, 0.25) is 0 Å². The lowest BCUT2D eigenvalue weighted by molar-refractivity contribution is -0.151. The van der Waals surface area contributed by atoms with E-state index in [1.54, 1.807) is 0 Å². The van der Waals surface area contributed by atoms with Crippen LogP contribution >= 0.6 is 0 Å². The highest BCUT2D eigenvalue weighted by Gasteiger charge is 2.37. The highest BCUT2D eigenvalue weighted by molar-refractivity contribution is 5.74. The second-order valence-electron chi connectivity index (χ2n) is 4.88. The van der Waals surface area contributed by atoms with E-state index in [-0.39, 0.29) is 0 Å². The fourth-order valence-corrected chi connectivity index (χ4v) is 2.43. The van der Waals surface area contributed by atoms with Crippen LogP contribution in [0, 0.1) is 5.41 Å². The Balaban J connectivity index is 2.64. The van der Waals surface area contributed by atoms with Crippen molar-refractivity contribution in [1.29, 1.82) is 0 Å². The monoisotopic (exact) mass is 228 g/mol. The van der Waals surface area contributed by atoms with E-state index in [9.17, 15) is 9.90 Å². The summed E-state index contributed by atoms with van der Waals surface area (Å²) < 4.78 is 0. The first-order chi connectivity index (χ1) is 7.54. The highest BCUT2D eigenvalue weighted by Crippen LogP contribution is 2.28. The molecule has 4 heteroatoms. The zero-order valence-corrected chi connectivity index (χ0v) is 10.6. The van der Waals surface area contributed by atoms with Gasteiger partial charge >= 0.3 is 5.97 Å². The lowest BCUT2D eigenvalue weighted by Gasteiger charge is -2.38. The van der Waals surface area contributed by atoms with Crippen LogP contribution in [-0.2, 0) is 4.79 Å². The minimum absolute atomic E-state index is 0.467. The maximum atomic E-state index is 11.4. The normalized spacial score (nSPS) is 23.3. The van der Waals surface area contributed by atoms with Crippen LogP contribution in [-0.4, -0.2) is 48.2 Å². The predicted molar refractivity (Wildman–Crippen MR) is 64.6 cm³/mol. The topological polar surface area (TPSA) is 52.6 Å². The summed E-state index contributed by atoms with van der Waals surface area (Å²) in [6, 6.07) is 0.467. The fraction of sp³-hybridized carbons (Fsp3) is 0.917. The Morgan fingerprint density at radius 3 is 2.56 bits per heavy atom. The molecule has 1 atom stereocenters. The van der Waals surface area contributed by atoms with Crippen molar-refractivity contribution in [2.75, 3.05) is 26.2 Å². The van der Waals surface area contributed by atoms with E-state index in [1.165, 1.54) is 0 Å². The number of carbonyl (C=O) groups is 1. The summed E-state index contributed by atoms with van der Waals surface area (Å²) in [5, 5.41) is 12.8. The van der Waals surface area contributed by atoms with Crippen LogP contribution in [0.4, 0.5) is 0 Å². The molecule has 1 aliphatic rings. The van der Waals surface area contributed by atoms with Gasteiger partial charge in [-0.1, -0.05) is 13.8 Å². The van der Waals surface area contributed by atoms with Crippen molar-refractivity contribution in [2.45, 2.75) is 39.7 Å². The molecule has 0 spiro atoms. The molecule has 4 nitrogen and oxygen atoms in total. The van der Waals surface area contributed by atoms with Gasteiger partial charge in [0.05, 0.1) is 5.41 Å². The Morgan fingerprint density at radius 2 is 2.12 bits per heavy atom. The third-order valence-corrected chi connectivity index (χ3v) is 3.79. The molecule has 1 heterocycles. The minimum atomic E-state index is -0.649. The Kier molecular flexibility index (Phi) is 4.74. The highest BCUT2D eigenvalue weighted by atomic mass is 16.4. The molecular formula is C12H24N2O2. The molecule has 0 amide bonds. The first-order valence-corrected chi connectivity index (χ1v) is 6.23. The number of rotatable bonds is 5. The summed E-state index contributed by atoms with van der Waals surface area (Å²) >= 11 is 0. The standard InChI is InChI=1S/C12H24N2O2/c1-4-12(5-2,11(15)16)9-14-7-6-13-10(3)8-14/h10,13H,4-9H2,1-3H3,(H,15,16)/t10-/m1/s1. The van der Waals surface area contributed by atoms with Crippen LogP contribution in [0.15, 0.2) is 0 Å². The molecular weight excluding hydrogens is 204 g/mol. The molecule has 1 aliphatic heterocycles. The van der Waals surface area contributed by atoms with Crippen LogP contribution in [0.25, 0.3) is 0 Å². The molecule has 2 N–H and O–H groups in total. The third kappa shape index (κ3) is 2.95. The van der Waals surface area contributed by atoms with Gasteiger partial charge < -0.3 is 10.4 Å². The maximum Gasteiger partial charge on any atom is 0.310 e. The second kappa shape index (κ2) is 5.64. The van der Waals surface area contributed by atoms with Crippen molar-refractivity contribution in [3.05, 3.63) is 0 Å². The van der Waals surface area contributed by atoms with Crippen LogP contribution in [0.5, 0.6) is 0 Å². The number of piperazine rings is 1. The Morgan fingerprint density at radius 1 is 1.50 bits per heavy atom. The minimum Gasteiger partial charge on any atom is -0.481 e. The Labute approximate surface area is 98.0 Å². The molecule has 0 radical (unpaired) electrons. The molecule has 0 unspecified atom stereocenters. The van der Waals surface area contributed by atoms with Gasteiger partial charge in [0, 0.05) is 32.2 Å². The van der Waals surface area contributed by atoms with E-state index < -0.39 is 11.4 Å². The number of carboxylic acids is 1. The van der Waals surface area contributed by atoms with Gasteiger partial charge in [0.2, 0.25) is 0 Å². The molecule has 94 valence electrons. The number of carboxylic acid groups (broad SMARTS) is 1. The van der Waals surface area contributed by atoms with Crippen LogP contribution < -0.4 is 5.32 Å². The fourth-order valence-electron chi connectivity index (χ4n) is 2.43. The lowest BCUT2D eigenvalue weighted by Crippen LogP contribution is -2.53. The van der Waals surface area contributed by atoms with Crippen molar-refractivity contribution in [1.82, 2.24) is 10.2 Å². The van der Waals surface area contributed by atoms with E-state index in [4.69, 9.17) is 0 Å². The maximum absolute atomic E-state index is 11.4. The number of aliphatic carboxylic acids is 1. The van der Waals surface area contributed by atoms with Gasteiger partial charge in [0.25, 0.3) is 0 Å². The van der Waals surface area contributed by atoms with Gasteiger partial charge in [-0.05, 0) is 19.8 Å². The summed E-state index contributed by atoms with van der Waals surface area (Å²) in [4.78, 5) is 13.7. The van der Waals surface area contributed by atoms with E-state index in [0.29, 0.717) is 25.4 Å². The van der Waals surface area contributed by atoms with Gasteiger partial charge in [-0.25, -0.2) is 0 Å². The first kappa shape index (κ1) is 13.5. The van der Waals surface area contributed by atoms with Gasteiger partial charge in [-0.3, -0.25) is 9.69 Å². The quantitative estimate of drug-likeness (QED) is 0.741. The largest absolute Gasteiger partial charge is 0.481 e. The molecule has 0 saturated carbocycles. The van der Waals surface area contributed by atoms with Gasteiger partial charge in [-0.2, -0.15) is 0 Å². The summed E-state index contributed by atoms with van der Waals surface area (Å²) in [5.41, 5.74) is -0.558. The average molecular weight is 228 g/mol. The Hall–Kier alpha value is -0.610. The zero-order valence-electron chi connectivity index (χ0n) is 10.6. The summed E-state index contributed by atoms with van der Waals surface area (Å²) in [6.45, 7) is 9.65. The molecule has 1 rings (SSSR count). The third-order valence-electron chi connectivity index (χ3n) is 3.79. The van der Waals surface area contributed by atoms with Gasteiger partial charge in [-0.15, -0.1) is 0 Å². The molecule has 0 aromatic carbocycles. The SMILES string of the molecule is CCC(CC)(CN1CCN[C@H](C)C1)C(=O)O. The molecule has 1 fully saturated rings. The molecule has 0 aromatic rings. The number of nitrogens with zero attached hydrogens (tertiary/aromatic N) is 1. The second-order valence-corrected chi connectivity index (χ2v) is 4.88. The van der Waals surface area contributed by atoms with Crippen molar-refractivity contribution < 1.29 is 9.90 Å². The van der Waals surface area contributed by atoms with Gasteiger partial charge in [0.15, 0.2) is 0 Å². The van der Waals surface area contributed by atoms with E-state index >= 15 is 0 Å². The van der Waals surface area contributed by atoms with Crippen LogP contribution in [0.3, 0.4) is 0 Å². The van der Waals surface area contributed by atoms with Crippen molar-refractivity contribution >= 4 is 5.97 Å². The van der Waals surface area contributed by atoms with Crippen molar-refractivity contribution in [2.24, 2.45) is 5.41 Å². The first-order valence-electron chi connectivity index (χ1n) is 6.23. The Bertz CT molecular complexity index is 239. The molecule has 0 aromatic heterocycles. The zero-order chi connectivity index (χ0) is 12.2.